The van der Waals surface area contributed by atoms with Crippen LogP contribution in [-0.4, -0.2) is 21.9 Å². The van der Waals surface area contributed by atoms with Crippen molar-refractivity contribution in [1.82, 2.24) is 15.3 Å². The van der Waals surface area contributed by atoms with E-state index in [1.54, 1.807) is 18.2 Å². The number of hydrogen-bond acceptors (Lipinski definition) is 4. The second kappa shape index (κ2) is 7.86. The highest BCUT2D eigenvalue weighted by molar-refractivity contribution is 5.92. The van der Waals surface area contributed by atoms with Crippen LogP contribution in [0.3, 0.4) is 0 Å². The Morgan fingerprint density at radius 3 is 2.62 bits per heavy atom. The predicted octanol–water partition coefficient (Wildman–Crippen LogP) is 3.29. The van der Waals surface area contributed by atoms with E-state index in [-0.39, 0.29) is 11.7 Å². The summed E-state index contributed by atoms with van der Waals surface area (Å²) >= 11 is 0. The highest BCUT2D eigenvalue weighted by atomic mass is 19.1. The average molecular weight is 328 g/mol. The largest absolute Gasteiger partial charge is 0.367 e. The summed E-state index contributed by atoms with van der Waals surface area (Å²) in [5, 5.41) is 6.17. The van der Waals surface area contributed by atoms with Crippen LogP contribution in [0.25, 0.3) is 0 Å². The summed E-state index contributed by atoms with van der Waals surface area (Å²) in [6.45, 7) is 0.328. The number of carbonyl (C=O) groups is 1. The van der Waals surface area contributed by atoms with Gasteiger partial charge in [0.25, 0.3) is 5.91 Å². The molecule has 1 aromatic carbocycles. The molecule has 0 unspecified atom stereocenters. The van der Waals surface area contributed by atoms with Crippen molar-refractivity contribution in [1.29, 1.82) is 0 Å². The molecule has 0 aliphatic heterocycles. The van der Waals surface area contributed by atoms with E-state index >= 15 is 0 Å². The minimum Gasteiger partial charge on any atom is -0.367 e. The summed E-state index contributed by atoms with van der Waals surface area (Å²) in [7, 11) is 0. The van der Waals surface area contributed by atoms with Gasteiger partial charge in [-0.25, -0.2) is 14.4 Å². The molecule has 5 nitrogen and oxygen atoms in total. The standard InChI is InChI=1S/C18H21FN4O/c19-14-8-6-13(7-9-14)11-20-18(24)16-10-17(22-12-21-16)23-15-4-2-1-3-5-15/h6-10,12,15H,1-5,11H2,(H,20,24)(H,21,22,23). The SMILES string of the molecule is O=C(NCc1ccc(F)cc1)c1cc(NC2CCCCC2)ncn1. The molecule has 3 rings (SSSR count). The number of amides is 1. The van der Waals surface area contributed by atoms with Gasteiger partial charge in [0.1, 0.15) is 23.7 Å². The summed E-state index contributed by atoms with van der Waals surface area (Å²) in [6.07, 6.45) is 7.42. The number of anilines is 1. The van der Waals surface area contributed by atoms with Gasteiger partial charge in [0.05, 0.1) is 0 Å². The van der Waals surface area contributed by atoms with Crippen LogP contribution in [0.2, 0.25) is 0 Å². The maximum atomic E-state index is 12.9. The highest BCUT2D eigenvalue weighted by Gasteiger charge is 2.15. The van der Waals surface area contributed by atoms with Crippen LogP contribution < -0.4 is 10.6 Å². The van der Waals surface area contributed by atoms with Crippen molar-refractivity contribution in [2.24, 2.45) is 0 Å². The van der Waals surface area contributed by atoms with E-state index in [9.17, 15) is 9.18 Å². The van der Waals surface area contributed by atoms with Gasteiger partial charge in [0, 0.05) is 18.7 Å². The van der Waals surface area contributed by atoms with Gasteiger partial charge in [-0.1, -0.05) is 31.4 Å². The molecule has 1 aromatic heterocycles. The molecule has 0 radical (unpaired) electrons. The molecule has 2 N–H and O–H groups in total. The Morgan fingerprint density at radius 1 is 1.12 bits per heavy atom. The van der Waals surface area contributed by atoms with Gasteiger partial charge in [-0.05, 0) is 30.5 Å². The minimum atomic E-state index is -0.292. The van der Waals surface area contributed by atoms with E-state index in [1.165, 1.54) is 37.7 Å². The minimum absolute atomic E-state index is 0.270. The Morgan fingerprint density at radius 2 is 1.88 bits per heavy atom. The van der Waals surface area contributed by atoms with Crippen LogP contribution in [0, 0.1) is 5.82 Å². The molecule has 1 fully saturated rings. The normalized spacial score (nSPS) is 15.0. The maximum Gasteiger partial charge on any atom is 0.270 e. The number of aromatic nitrogens is 2. The Balaban J connectivity index is 1.58. The van der Waals surface area contributed by atoms with Crippen LogP contribution in [0.4, 0.5) is 10.2 Å². The fraction of sp³-hybridized carbons (Fsp3) is 0.389. The van der Waals surface area contributed by atoms with Crippen LogP contribution in [0.5, 0.6) is 0 Å². The lowest BCUT2D eigenvalue weighted by molar-refractivity contribution is 0.0946. The number of benzene rings is 1. The van der Waals surface area contributed by atoms with E-state index in [1.807, 2.05) is 0 Å². The fourth-order valence-corrected chi connectivity index (χ4v) is 2.89. The Kier molecular flexibility index (Phi) is 5.36. The molecule has 1 heterocycles. The van der Waals surface area contributed by atoms with Crippen molar-refractivity contribution in [3.05, 3.63) is 53.7 Å². The number of halogens is 1. The van der Waals surface area contributed by atoms with Crippen molar-refractivity contribution in [3.8, 4) is 0 Å². The molecule has 1 amide bonds. The van der Waals surface area contributed by atoms with Crippen LogP contribution >= 0.6 is 0 Å². The van der Waals surface area contributed by atoms with Crippen LogP contribution in [0.15, 0.2) is 36.7 Å². The number of carbonyl (C=O) groups excluding carboxylic acids is 1. The van der Waals surface area contributed by atoms with Crippen LogP contribution in [-0.2, 0) is 6.54 Å². The third-order valence-corrected chi connectivity index (χ3v) is 4.22. The van der Waals surface area contributed by atoms with Crippen molar-refractivity contribution in [2.75, 3.05) is 5.32 Å². The molecular formula is C18H21FN4O. The molecular weight excluding hydrogens is 307 g/mol. The third kappa shape index (κ3) is 4.50. The molecule has 1 aliphatic carbocycles. The Bertz CT molecular complexity index is 684. The second-order valence-corrected chi connectivity index (χ2v) is 6.08. The smallest absolute Gasteiger partial charge is 0.270 e. The van der Waals surface area contributed by atoms with Gasteiger partial charge in [0.15, 0.2) is 0 Å². The van der Waals surface area contributed by atoms with Crippen LogP contribution in [0.1, 0.15) is 48.2 Å². The third-order valence-electron chi connectivity index (χ3n) is 4.22. The van der Waals surface area contributed by atoms with E-state index < -0.39 is 0 Å². The molecule has 0 atom stereocenters. The number of rotatable bonds is 5. The highest BCUT2D eigenvalue weighted by Crippen LogP contribution is 2.20. The zero-order valence-electron chi connectivity index (χ0n) is 13.5. The molecule has 0 saturated heterocycles. The topological polar surface area (TPSA) is 66.9 Å². The first-order valence-electron chi connectivity index (χ1n) is 8.32. The van der Waals surface area contributed by atoms with Gasteiger partial charge in [-0.3, -0.25) is 4.79 Å². The summed E-state index contributed by atoms with van der Waals surface area (Å²) in [6, 6.07) is 8.13. The van der Waals surface area contributed by atoms with Gasteiger partial charge < -0.3 is 10.6 Å². The van der Waals surface area contributed by atoms with E-state index in [2.05, 4.69) is 20.6 Å². The summed E-state index contributed by atoms with van der Waals surface area (Å²) < 4.78 is 12.9. The van der Waals surface area contributed by atoms with Gasteiger partial charge in [-0.2, -0.15) is 0 Å². The van der Waals surface area contributed by atoms with Crippen molar-refractivity contribution < 1.29 is 9.18 Å². The second-order valence-electron chi connectivity index (χ2n) is 6.08. The quantitative estimate of drug-likeness (QED) is 0.884. The first kappa shape index (κ1) is 16.4. The molecule has 0 bridgehead atoms. The van der Waals surface area contributed by atoms with Gasteiger partial charge >= 0.3 is 0 Å². The predicted molar refractivity (Wildman–Crippen MR) is 90.1 cm³/mol. The monoisotopic (exact) mass is 328 g/mol. The van der Waals surface area contributed by atoms with Gasteiger partial charge in [0.2, 0.25) is 0 Å². The lowest BCUT2D eigenvalue weighted by Crippen LogP contribution is -2.25. The first-order chi connectivity index (χ1) is 11.7. The Hall–Kier alpha value is -2.50. The summed E-state index contributed by atoms with van der Waals surface area (Å²) in [5.41, 5.74) is 1.16. The first-order valence-corrected chi connectivity index (χ1v) is 8.32. The molecule has 1 saturated carbocycles. The molecule has 0 spiro atoms. The van der Waals surface area contributed by atoms with Gasteiger partial charge in [-0.15, -0.1) is 0 Å². The van der Waals surface area contributed by atoms with E-state index in [0.29, 0.717) is 24.1 Å². The number of hydrogen-bond donors (Lipinski definition) is 2. The van der Waals surface area contributed by atoms with Crippen molar-refractivity contribution >= 4 is 11.7 Å². The summed E-state index contributed by atoms with van der Waals surface area (Å²) in [5.74, 6) is 0.122. The van der Waals surface area contributed by atoms with E-state index in [0.717, 1.165) is 18.4 Å². The zero-order chi connectivity index (χ0) is 16.8. The number of nitrogens with zero attached hydrogens (tertiary/aromatic N) is 2. The van der Waals surface area contributed by atoms with Crippen molar-refractivity contribution in [3.63, 3.8) is 0 Å². The molecule has 6 heteroatoms. The fourth-order valence-electron chi connectivity index (χ4n) is 2.89. The molecule has 2 aromatic rings. The average Bonchev–Trinajstić information content (AvgIpc) is 2.62. The number of nitrogens with one attached hydrogen (secondary N) is 2. The van der Waals surface area contributed by atoms with E-state index in [4.69, 9.17) is 0 Å². The zero-order valence-corrected chi connectivity index (χ0v) is 13.5. The maximum absolute atomic E-state index is 12.9. The lowest BCUT2D eigenvalue weighted by Gasteiger charge is -2.23. The summed E-state index contributed by atoms with van der Waals surface area (Å²) in [4.78, 5) is 20.5. The molecule has 126 valence electrons. The Labute approximate surface area is 140 Å². The molecule has 24 heavy (non-hydrogen) atoms. The van der Waals surface area contributed by atoms with Crippen molar-refractivity contribution in [2.45, 2.75) is 44.7 Å². The lowest BCUT2D eigenvalue weighted by atomic mass is 9.95. The molecule has 1 aliphatic rings.